The number of rotatable bonds is 6. The van der Waals surface area contributed by atoms with Gasteiger partial charge in [0.2, 0.25) is 0 Å². The maximum Gasteiger partial charge on any atom is 0.111 e. The van der Waals surface area contributed by atoms with Crippen LogP contribution in [0.3, 0.4) is 0 Å². The van der Waals surface area contributed by atoms with E-state index in [1.54, 1.807) is 11.3 Å². The van der Waals surface area contributed by atoms with Gasteiger partial charge >= 0.3 is 0 Å². The number of hydrogen-bond donors (Lipinski definition) is 2. The Kier molecular flexibility index (Phi) is 8.03. The first-order chi connectivity index (χ1) is 18.8. The Balaban J connectivity index is 1.67. The average molecular weight is 563 g/mol. The molecule has 194 valence electrons. The molecule has 5 aromatic rings. The van der Waals surface area contributed by atoms with Gasteiger partial charge in [0, 0.05) is 16.7 Å². The normalized spacial score (nSPS) is 10.8. The van der Waals surface area contributed by atoms with E-state index in [9.17, 15) is 0 Å². The van der Waals surface area contributed by atoms with E-state index in [-0.39, 0.29) is 0 Å². The summed E-state index contributed by atoms with van der Waals surface area (Å²) < 4.78 is 0. The molecule has 0 amide bonds. The zero-order valence-corrected chi connectivity index (χ0v) is 24.9. The van der Waals surface area contributed by atoms with E-state index in [1.165, 1.54) is 22.3 Å². The number of thiocarbonyl (C=S) groups is 2. The highest BCUT2D eigenvalue weighted by Gasteiger charge is 2.23. The molecule has 0 spiro atoms. The first-order valence-electron chi connectivity index (χ1n) is 12.9. The van der Waals surface area contributed by atoms with Crippen LogP contribution in [-0.4, -0.2) is 9.98 Å². The quantitative estimate of drug-likeness (QED) is 0.201. The van der Waals surface area contributed by atoms with Crippen LogP contribution >= 0.6 is 35.8 Å². The molecule has 0 radical (unpaired) electrons. The van der Waals surface area contributed by atoms with Gasteiger partial charge in [0.1, 0.15) is 15.0 Å². The molecule has 39 heavy (non-hydrogen) atoms. The predicted octanol–water partition coefficient (Wildman–Crippen LogP) is 9.89. The number of nitrogens with one attached hydrogen (secondary N) is 2. The summed E-state index contributed by atoms with van der Waals surface area (Å²) >= 11 is 13.5. The highest BCUT2D eigenvalue weighted by molar-refractivity contribution is 7.81. The molecule has 4 aromatic carbocycles. The fourth-order valence-corrected chi connectivity index (χ4v) is 6.04. The molecule has 2 N–H and O–H groups in total. The summed E-state index contributed by atoms with van der Waals surface area (Å²) in [6.45, 7) is 8.37. The zero-order valence-electron chi connectivity index (χ0n) is 22.5. The Hall–Kier alpha value is -3.64. The average Bonchev–Trinajstić information content (AvgIpc) is 3.27. The van der Waals surface area contributed by atoms with Crippen LogP contribution < -0.4 is 10.6 Å². The molecule has 1 heterocycles. The fraction of sp³-hybridized carbons (Fsp3) is 0.118. The lowest BCUT2D eigenvalue weighted by Crippen LogP contribution is -2.12. The molecule has 0 aliphatic heterocycles. The van der Waals surface area contributed by atoms with Gasteiger partial charge in [-0.1, -0.05) is 144 Å². The Morgan fingerprint density at radius 1 is 0.513 bits per heavy atom. The van der Waals surface area contributed by atoms with E-state index in [2.05, 4.69) is 135 Å². The molecule has 0 saturated heterocycles. The molecule has 5 heteroatoms. The van der Waals surface area contributed by atoms with Crippen LogP contribution in [0.1, 0.15) is 33.4 Å². The zero-order chi connectivity index (χ0) is 27.5. The second-order valence-electron chi connectivity index (χ2n) is 9.88. The molecular weight excluding hydrogens is 533 g/mol. The van der Waals surface area contributed by atoms with Gasteiger partial charge in [0.25, 0.3) is 0 Å². The minimum atomic E-state index is 0.683. The lowest BCUT2D eigenvalue weighted by Gasteiger charge is -2.15. The van der Waals surface area contributed by atoms with Crippen LogP contribution in [0.4, 0.5) is 10.7 Å². The fourth-order valence-electron chi connectivity index (χ4n) is 4.31. The summed E-state index contributed by atoms with van der Waals surface area (Å²) in [4.78, 5) is 2.48. The van der Waals surface area contributed by atoms with Crippen molar-refractivity contribution in [3.8, 4) is 21.6 Å². The van der Waals surface area contributed by atoms with Gasteiger partial charge in [-0.05, 0) is 38.8 Å². The topological polar surface area (TPSA) is 24.1 Å². The van der Waals surface area contributed by atoms with Gasteiger partial charge in [0.15, 0.2) is 0 Å². The first-order valence-corrected chi connectivity index (χ1v) is 14.5. The monoisotopic (exact) mass is 562 g/mol. The maximum absolute atomic E-state index is 5.94. The third-order valence-electron chi connectivity index (χ3n) is 6.66. The summed E-state index contributed by atoms with van der Waals surface area (Å²) in [6.07, 6.45) is 0. The largest absolute Gasteiger partial charge is 0.344 e. The van der Waals surface area contributed by atoms with E-state index < -0.39 is 0 Å². The van der Waals surface area contributed by atoms with E-state index in [0.29, 0.717) is 9.98 Å². The summed E-state index contributed by atoms with van der Waals surface area (Å²) in [5.74, 6) is 0. The molecule has 0 bridgehead atoms. The van der Waals surface area contributed by atoms with Crippen LogP contribution in [0.5, 0.6) is 0 Å². The SMILES string of the molecule is Cc1ccc(C(=S)Nc2sc(-c3ccc(C)cc3)c(NC(=S)c3ccc(C)cc3)c2-c2ccc(C)cc2)cc1. The number of hydrogen-bond acceptors (Lipinski definition) is 3. The highest BCUT2D eigenvalue weighted by Crippen LogP contribution is 2.50. The van der Waals surface area contributed by atoms with Gasteiger partial charge in [-0.25, -0.2) is 0 Å². The van der Waals surface area contributed by atoms with Crippen molar-refractivity contribution < 1.29 is 0 Å². The lowest BCUT2D eigenvalue weighted by atomic mass is 10.0. The molecule has 0 fully saturated rings. The van der Waals surface area contributed by atoms with Crippen molar-refractivity contribution >= 4 is 56.4 Å². The lowest BCUT2D eigenvalue weighted by molar-refractivity contribution is 1.46. The van der Waals surface area contributed by atoms with E-state index in [4.69, 9.17) is 24.4 Å². The molecule has 0 aliphatic rings. The summed E-state index contributed by atoms with van der Waals surface area (Å²) in [5, 5.41) is 8.21. The smallest absolute Gasteiger partial charge is 0.111 e. The van der Waals surface area contributed by atoms with Crippen molar-refractivity contribution in [3.63, 3.8) is 0 Å². The number of thiophene rings is 1. The summed E-state index contributed by atoms with van der Waals surface area (Å²) in [7, 11) is 0. The highest BCUT2D eigenvalue weighted by atomic mass is 32.1. The molecule has 0 saturated carbocycles. The Bertz CT molecular complexity index is 1630. The van der Waals surface area contributed by atoms with Gasteiger partial charge in [0.05, 0.1) is 10.6 Å². The van der Waals surface area contributed by atoms with E-state index in [1.807, 2.05) is 0 Å². The van der Waals surface area contributed by atoms with Crippen molar-refractivity contribution in [1.29, 1.82) is 0 Å². The standard InChI is InChI=1S/C34H30N2S3/c1-21-5-13-25(14-6-21)29-30(35-32(37)27-17-9-23(3)10-18-27)31(26-15-7-22(2)8-16-26)39-34(29)36-33(38)28-19-11-24(4)12-20-28/h5-20H,1-4H3,(H,35,37)(H,36,38). The van der Waals surface area contributed by atoms with Crippen molar-refractivity contribution in [1.82, 2.24) is 0 Å². The Labute approximate surface area is 245 Å². The third kappa shape index (κ3) is 6.17. The second kappa shape index (κ2) is 11.6. The Morgan fingerprint density at radius 3 is 1.36 bits per heavy atom. The molecule has 2 nitrogen and oxygen atoms in total. The summed E-state index contributed by atoms with van der Waals surface area (Å²) in [5.41, 5.74) is 11.1. The van der Waals surface area contributed by atoms with Crippen LogP contribution in [0.25, 0.3) is 21.6 Å². The second-order valence-corrected chi connectivity index (χ2v) is 11.7. The minimum absolute atomic E-state index is 0.683. The Morgan fingerprint density at radius 2 is 0.897 bits per heavy atom. The van der Waals surface area contributed by atoms with Crippen molar-refractivity contribution in [2.45, 2.75) is 27.7 Å². The van der Waals surface area contributed by atoms with Crippen molar-refractivity contribution in [2.24, 2.45) is 0 Å². The first kappa shape index (κ1) is 26.9. The number of aryl methyl sites for hydroxylation is 4. The molecule has 0 aliphatic carbocycles. The van der Waals surface area contributed by atoms with Crippen LogP contribution in [-0.2, 0) is 0 Å². The van der Waals surface area contributed by atoms with Crippen LogP contribution in [0.15, 0.2) is 97.1 Å². The number of anilines is 2. The van der Waals surface area contributed by atoms with Crippen LogP contribution in [0, 0.1) is 27.7 Å². The van der Waals surface area contributed by atoms with Crippen molar-refractivity contribution in [2.75, 3.05) is 10.6 Å². The molecule has 5 rings (SSSR count). The van der Waals surface area contributed by atoms with Crippen molar-refractivity contribution in [3.05, 3.63) is 130 Å². The number of benzene rings is 4. The minimum Gasteiger partial charge on any atom is -0.344 e. The molecular formula is C34H30N2S3. The predicted molar refractivity (Wildman–Crippen MR) is 178 cm³/mol. The van der Waals surface area contributed by atoms with Gasteiger partial charge in [-0.15, -0.1) is 11.3 Å². The van der Waals surface area contributed by atoms with E-state index >= 15 is 0 Å². The van der Waals surface area contributed by atoms with Crippen LogP contribution in [0.2, 0.25) is 0 Å². The molecule has 1 aromatic heterocycles. The maximum atomic E-state index is 5.94. The summed E-state index contributed by atoms with van der Waals surface area (Å²) in [6, 6.07) is 33.9. The third-order valence-corrected chi connectivity index (χ3v) is 8.49. The van der Waals surface area contributed by atoms with Gasteiger partial charge in [-0.3, -0.25) is 0 Å². The van der Waals surface area contributed by atoms with Gasteiger partial charge < -0.3 is 10.6 Å². The molecule has 0 unspecified atom stereocenters. The van der Waals surface area contributed by atoms with E-state index in [0.717, 1.165) is 43.4 Å². The van der Waals surface area contributed by atoms with Gasteiger partial charge in [-0.2, -0.15) is 0 Å². The molecule has 0 atom stereocenters.